The number of halogens is 2. The second-order valence-corrected chi connectivity index (χ2v) is 10.4. The Morgan fingerprint density at radius 3 is 2.25 bits per heavy atom. The Kier molecular flexibility index (Phi) is 7.04. The van der Waals surface area contributed by atoms with Gasteiger partial charge in [0.2, 0.25) is 15.9 Å². The van der Waals surface area contributed by atoms with E-state index in [1.807, 2.05) is 0 Å². The van der Waals surface area contributed by atoms with Crippen molar-refractivity contribution in [2.45, 2.75) is 36.2 Å². The van der Waals surface area contributed by atoms with Crippen molar-refractivity contribution in [1.82, 2.24) is 9.62 Å². The number of carboxylic acids is 1. The third-order valence-corrected chi connectivity index (χ3v) is 7.67. The molecular weight excluding hydrogens is 479 g/mol. The zero-order valence-corrected chi connectivity index (χ0v) is 19.7. The summed E-state index contributed by atoms with van der Waals surface area (Å²) < 4.78 is 32.3. The molecule has 1 aliphatic heterocycles. The summed E-state index contributed by atoms with van der Waals surface area (Å²) in [6.07, 6.45) is -0.0977. The first-order valence-corrected chi connectivity index (χ1v) is 11.8. The van der Waals surface area contributed by atoms with E-state index in [0.29, 0.717) is 17.7 Å². The normalized spacial score (nSPS) is 18.3. The van der Waals surface area contributed by atoms with E-state index >= 15 is 0 Å². The Labute approximate surface area is 196 Å². The van der Waals surface area contributed by atoms with Crippen molar-refractivity contribution in [1.29, 1.82) is 0 Å². The number of carbonyl (C=O) groups excluding carboxylic acids is 1. The summed E-state index contributed by atoms with van der Waals surface area (Å²) in [6.45, 7) is 1.72. The lowest BCUT2D eigenvalue weighted by Crippen LogP contribution is -2.61. The van der Waals surface area contributed by atoms with Crippen molar-refractivity contribution in [3.63, 3.8) is 0 Å². The van der Waals surface area contributed by atoms with Gasteiger partial charge >= 0.3 is 5.97 Å². The van der Waals surface area contributed by atoms with E-state index in [1.165, 1.54) is 25.3 Å². The van der Waals surface area contributed by atoms with Crippen LogP contribution in [0.5, 0.6) is 5.75 Å². The molecular formula is C21H22Cl2N2O6S. The monoisotopic (exact) mass is 500 g/mol. The second-order valence-electron chi connectivity index (χ2n) is 7.65. The van der Waals surface area contributed by atoms with Crippen LogP contribution in [0.3, 0.4) is 0 Å². The van der Waals surface area contributed by atoms with Gasteiger partial charge in [-0.3, -0.25) is 9.59 Å². The SMILES string of the molecule is COc1ccc([C@@](C)(CC(=O)O)NC(=O)[C@@H]2CCN2S(=O)(=O)c2cc(Cl)cc(Cl)c2)cc1. The topological polar surface area (TPSA) is 113 Å². The molecule has 2 aromatic carbocycles. The molecule has 2 N–H and O–H groups in total. The molecule has 11 heteroatoms. The summed E-state index contributed by atoms with van der Waals surface area (Å²) in [4.78, 5) is 24.5. The average molecular weight is 501 g/mol. The van der Waals surface area contributed by atoms with Gasteiger partial charge in [-0.1, -0.05) is 35.3 Å². The molecule has 0 unspecified atom stereocenters. The molecule has 0 bridgehead atoms. The molecule has 1 heterocycles. The zero-order chi connectivity index (χ0) is 23.7. The van der Waals surface area contributed by atoms with E-state index in [2.05, 4.69) is 5.32 Å². The summed E-state index contributed by atoms with van der Waals surface area (Å²) >= 11 is 11.9. The Balaban J connectivity index is 1.85. The number of rotatable bonds is 8. The van der Waals surface area contributed by atoms with Crippen LogP contribution in [0, 0.1) is 0 Å². The van der Waals surface area contributed by atoms with Gasteiger partial charge in [0.15, 0.2) is 0 Å². The molecule has 1 saturated heterocycles. The van der Waals surface area contributed by atoms with Gasteiger partial charge in [0, 0.05) is 16.6 Å². The summed E-state index contributed by atoms with van der Waals surface area (Å²) in [5.74, 6) is -1.13. The number of benzene rings is 2. The maximum Gasteiger partial charge on any atom is 0.306 e. The summed E-state index contributed by atoms with van der Waals surface area (Å²) in [5, 5.41) is 12.5. The second kappa shape index (κ2) is 9.27. The Morgan fingerprint density at radius 1 is 1.19 bits per heavy atom. The third kappa shape index (κ3) is 5.01. The average Bonchev–Trinajstić information content (AvgIpc) is 2.65. The van der Waals surface area contributed by atoms with E-state index in [4.69, 9.17) is 27.9 Å². The fourth-order valence-corrected chi connectivity index (χ4v) is 5.92. The maximum absolute atomic E-state index is 13.1. The molecule has 2 atom stereocenters. The first-order chi connectivity index (χ1) is 15.0. The van der Waals surface area contributed by atoms with Gasteiger partial charge in [-0.05, 0) is 49.2 Å². The highest BCUT2D eigenvalue weighted by Gasteiger charge is 2.45. The predicted molar refractivity (Wildman–Crippen MR) is 120 cm³/mol. The van der Waals surface area contributed by atoms with Crippen LogP contribution in [0.1, 0.15) is 25.3 Å². The van der Waals surface area contributed by atoms with Crippen LogP contribution < -0.4 is 10.1 Å². The summed E-state index contributed by atoms with van der Waals surface area (Å²) in [7, 11) is -2.52. The minimum Gasteiger partial charge on any atom is -0.497 e. The van der Waals surface area contributed by atoms with Crippen molar-refractivity contribution < 1.29 is 27.9 Å². The van der Waals surface area contributed by atoms with Gasteiger partial charge in [0.25, 0.3) is 0 Å². The molecule has 0 spiro atoms. The largest absolute Gasteiger partial charge is 0.497 e. The molecule has 0 saturated carbocycles. The first-order valence-electron chi connectivity index (χ1n) is 9.62. The number of ether oxygens (including phenoxy) is 1. The Morgan fingerprint density at radius 2 is 1.78 bits per heavy atom. The lowest BCUT2D eigenvalue weighted by Gasteiger charge is -2.41. The van der Waals surface area contributed by atoms with Gasteiger partial charge in [0.1, 0.15) is 11.8 Å². The van der Waals surface area contributed by atoms with Crippen molar-refractivity contribution in [2.24, 2.45) is 0 Å². The maximum atomic E-state index is 13.1. The first kappa shape index (κ1) is 24.3. The number of methoxy groups -OCH3 is 1. The summed E-state index contributed by atoms with van der Waals surface area (Å²) in [6, 6.07) is 9.59. The van der Waals surface area contributed by atoms with Crippen LogP contribution >= 0.6 is 23.2 Å². The zero-order valence-electron chi connectivity index (χ0n) is 17.3. The Hall–Kier alpha value is -2.33. The molecule has 1 amide bonds. The molecule has 0 aromatic heterocycles. The number of hydrogen-bond acceptors (Lipinski definition) is 5. The fraction of sp³-hybridized carbons (Fsp3) is 0.333. The summed E-state index contributed by atoms with van der Waals surface area (Å²) in [5.41, 5.74) is -0.719. The predicted octanol–water partition coefficient (Wildman–Crippen LogP) is 3.27. The van der Waals surface area contributed by atoms with Crippen molar-refractivity contribution in [2.75, 3.05) is 13.7 Å². The lowest BCUT2D eigenvalue weighted by molar-refractivity contribution is -0.139. The quantitative estimate of drug-likeness (QED) is 0.574. The molecule has 172 valence electrons. The molecule has 0 aliphatic carbocycles. The van der Waals surface area contributed by atoms with E-state index in [-0.39, 0.29) is 21.5 Å². The standard InChI is InChI=1S/C21H22Cl2N2O6S/c1-21(12-19(26)27,13-3-5-16(31-2)6-4-13)24-20(28)18-7-8-25(18)32(29,30)17-10-14(22)9-15(23)11-17/h3-6,9-11,18H,7-8,12H2,1-2H3,(H,24,28)(H,26,27)/t18-,21+/m0/s1. The fourth-order valence-electron chi connectivity index (χ4n) is 3.56. The van der Waals surface area contributed by atoms with Crippen molar-refractivity contribution in [3.8, 4) is 5.75 Å². The smallest absolute Gasteiger partial charge is 0.306 e. The molecule has 0 radical (unpaired) electrons. The van der Waals surface area contributed by atoms with E-state index in [1.54, 1.807) is 31.2 Å². The highest BCUT2D eigenvalue weighted by molar-refractivity contribution is 7.89. The Bertz CT molecular complexity index is 1120. The number of aliphatic carboxylic acids is 1. The molecule has 3 rings (SSSR count). The van der Waals surface area contributed by atoms with Crippen molar-refractivity contribution >= 4 is 45.1 Å². The van der Waals surface area contributed by atoms with Gasteiger partial charge < -0.3 is 15.2 Å². The number of carboxylic acid groups (broad SMARTS) is 1. The molecule has 8 nitrogen and oxygen atoms in total. The number of nitrogens with zero attached hydrogens (tertiary/aromatic N) is 1. The van der Waals surface area contributed by atoms with Crippen LogP contribution in [-0.2, 0) is 25.2 Å². The van der Waals surface area contributed by atoms with E-state index < -0.39 is 39.9 Å². The highest BCUT2D eigenvalue weighted by Crippen LogP contribution is 2.32. The number of nitrogens with one attached hydrogen (secondary N) is 1. The van der Waals surface area contributed by atoms with Gasteiger partial charge in [-0.15, -0.1) is 0 Å². The van der Waals surface area contributed by atoms with Crippen LogP contribution in [-0.4, -0.2) is 49.4 Å². The van der Waals surface area contributed by atoms with Gasteiger partial charge in [-0.25, -0.2) is 8.42 Å². The van der Waals surface area contributed by atoms with Gasteiger partial charge in [0.05, 0.1) is 24.0 Å². The van der Waals surface area contributed by atoms with E-state index in [9.17, 15) is 23.1 Å². The molecule has 2 aromatic rings. The van der Waals surface area contributed by atoms with Gasteiger partial charge in [-0.2, -0.15) is 4.31 Å². The van der Waals surface area contributed by atoms with Crippen molar-refractivity contribution in [3.05, 3.63) is 58.1 Å². The molecule has 1 fully saturated rings. The molecule has 32 heavy (non-hydrogen) atoms. The number of amides is 1. The van der Waals surface area contributed by atoms with Crippen LogP contribution in [0.4, 0.5) is 0 Å². The van der Waals surface area contributed by atoms with Crippen LogP contribution in [0.15, 0.2) is 47.4 Å². The highest BCUT2D eigenvalue weighted by atomic mass is 35.5. The number of sulfonamides is 1. The van der Waals surface area contributed by atoms with Crippen LogP contribution in [0.25, 0.3) is 0 Å². The third-order valence-electron chi connectivity index (χ3n) is 5.35. The number of carbonyl (C=O) groups is 2. The minimum absolute atomic E-state index is 0.115. The van der Waals surface area contributed by atoms with Crippen LogP contribution in [0.2, 0.25) is 10.0 Å². The lowest BCUT2D eigenvalue weighted by atomic mass is 9.87. The minimum atomic E-state index is -4.02. The van der Waals surface area contributed by atoms with E-state index in [0.717, 1.165) is 4.31 Å². The molecule has 1 aliphatic rings. The number of hydrogen-bond donors (Lipinski definition) is 2.